The molecule has 8 heteroatoms. The average molecular weight is 516 g/mol. The van der Waals surface area contributed by atoms with Crippen molar-refractivity contribution in [2.24, 2.45) is 5.92 Å². The van der Waals surface area contributed by atoms with Gasteiger partial charge in [-0.1, -0.05) is 36.4 Å². The molecule has 3 aromatic carbocycles. The first-order chi connectivity index (χ1) is 18.5. The Labute approximate surface area is 220 Å². The predicted molar refractivity (Wildman–Crippen MR) is 139 cm³/mol. The van der Waals surface area contributed by atoms with E-state index in [1.165, 1.54) is 6.07 Å². The number of benzene rings is 3. The smallest absolute Gasteiger partial charge is 0.387 e. The van der Waals surface area contributed by atoms with Crippen LogP contribution in [0.3, 0.4) is 0 Å². The number of carbonyl (C=O) groups excluding carboxylic acids is 1. The Kier molecular flexibility index (Phi) is 8.89. The molecule has 4 rings (SSSR count). The van der Waals surface area contributed by atoms with E-state index in [9.17, 15) is 18.8 Å². The summed E-state index contributed by atoms with van der Waals surface area (Å²) < 4.78 is 35.3. The van der Waals surface area contributed by atoms with Crippen molar-refractivity contribution in [3.63, 3.8) is 0 Å². The van der Waals surface area contributed by atoms with E-state index in [0.717, 1.165) is 31.2 Å². The predicted octanol–water partition coefficient (Wildman–Crippen LogP) is 6.63. The molecule has 1 amide bonds. The summed E-state index contributed by atoms with van der Waals surface area (Å²) in [5, 5.41) is 9.51. The quantitative estimate of drug-likeness (QED) is 0.300. The van der Waals surface area contributed by atoms with Crippen LogP contribution in [0.25, 0.3) is 16.0 Å². The first-order valence-electron chi connectivity index (χ1n) is 12.4. The Morgan fingerprint density at radius 2 is 1.87 bits per heavy atom. The van der Waals surface area contributed by atoms with Gasteiger partial charge in [-0.25, -0.2) is 4.85 Å². The summed E-state index contributed by atoms with van der Waals surface area (Å²) in [6, 6.07) is 21.0. The molecule has 38 heavy (non-hydrogen) atoms. The molecule has 1 fully saturated rings. The second-order valence-electron chi connectivity index (χ2n) is 9.13. The molecule has 0 aliphatic carbocycles. The third-order valence-electron chi connectivity index (χ3n) is 6.71. The summed E-state index contributed by atoms with van der Waals surface area (Å²) in [7, 11) is 0. The largest absolute Gasteiger partial charge is 0.483 e. The average Bonchev–Trinajstić information content (AvgIpc) is 2.95. The van der Waals surface area contributed by atoms with Crippen molar-refractivity contribution in [3.05, 3.63) is 89.3 Å². The van der Waals surface area contributed by atoms with Gasteiger partial charge in [-0.05, 0) is 67.5 Å². The van der Waals surface area contributed by atoms with Gasteiger partial charge in [0.25, 0.3) is 5.91 Å². The second kappa shape index (κ2) is 12.7. The summed E-state index contributed by atoms with van der Waals surface area (Å²) in [6.45, 7) is 5.61. The van der Waals surface area contributed by atoms with E-state index >= 15 is 0 Å². The fourth-order valence-corrected chi connectivity index (χ4v) is 4.69. The molecule has 0 atom stereocenters. The Bertz CT molecular complexity index is 1360. The van der Waals surface area contributed by atoms with E-state index in [0.29, 0.717) is 47.1 Å². The Hall–Kier alpha value is -4.43. The third-order valence-corrected chi connectivity index (χ3v) is 6.71. The van der Waals surface area contributed by atoms with Gasteiger partial charge < -0.3 is 14.4 Å². The zero-order valence-corrected chi connectivity index (χ0v) is 20.8. The highest BCUT2D eigenvalue weighted by Crippen LogP contribution is 2.35. The van der Waals surface area contributed by atoms with Gasteiger partial charge in [0.1, 0.15) is 11.5 Å². The van der Waals surface area contributed by atoms with Crippen molar-refractivity contribution in [2.45, 2.75) is 32.3 Å². The number of hydrogen-bond donors (Lipinski definition) is 0. The van der Waals surface area contributed by atoms with E-state index in [4.69, 9.17) is 11.3 Å². The van der Waals surface area contributed by atoms with Gasteiger partial charge in [-0.2, -0.15) is 14.0 Å². The molecule has 1 aliphatic heterocycles. The lowest BCUT2D eigenvalue weighted by molar-refractivity contribution is -0.134. The van der Waals surface area contributed by atoms with Gasteiger partial charge >= 0.3 is 6.61 Å². The SMILES string of the molecule is [C-]#[N+]c1ccc(OCC(=O)N2CCC(CCc3cccc(OC(F)F)c3)CC2)c(-c2ccccc2C#N)c1. The van der Waals surface area contributed by atoms with Crippen LogP contribution in [0.15, 0.2) is 66.7 Å². The maximum atomic E-state index is 12.9. The zero-order chi connectivity index (χ0) is 26.9. The molecule has 0 bridgehead atoms. The van der Waals surface area contributed by atoms with Crippen LogP contribution in [0.4, 0.5) is 14.5 Å². The highest BCUT2D eigenvalue weighted by atomic mass is 19.3. The van der Waals surface area contributed by atoms with Gasteiger partial charge in [0.15, 0.2) is 12.3 Å². The molecule has 1 aliphatic rings. The molecule has 0 aromatic heterocycles. The minimum absolute atomic E-state index is 0.117. The fourth-order valence-electron chi connectivity index (χ4n) is 4.69. The minimum Gasteiger partial charge on any atom is -0.483 e. The van der Waals surface area contributed by atoms with E-state index < -0.39 is 6.61 Å². The third kappa shape index (κ3) is 6.86. The second-order valence-corrected chi connectivity index (χ2v) is 9.13. The Balaban J connectivity index is 1.31. The number of ether oxygens (including phenoxy) is 2. The monoisotopic (exact) mass is 515 g/mol. The van der Waals surface area contributed by atoms with Crippen molar-refractivity contribution < 1.29 is 23.0 Å². The zero-order valence-electron chi connectivity index (χ0n) is 20.8. The van der Waals surface area contributed by atoms with E-state index in [-0.39, 0.29) is 18.3 Å². The molecule has 0 spiro atoms. The molecular formula is C30H27F2N3O3. The van der Waals surface area contributed by atoms with Crippen LogP contribution in [0.1, 0.15) is 30.4 Å². The number of aryl methyl sites for hydroxylation is 1. The van der Waals surface area contributed by atoms with Crippen LogP contribution in [-0.2, 0) is 11.2 Å². The number of amides is 1. The van der Waals surface area contributed by atoms with Crippen LogP contribution in [0, 0.1) is 23.8 Å². The van der Waals surface area contributed by atoms with Gasteiger partial charge in [0.05, 0.1) is 18.2 Å². The minimum atomic E-state index is -2.84. The summed E-state index contributed by atoms with van der Waals surface area (Å²) in [5.74, 6) is 0.936. The van der Waals surface area contributed by atoms with Crippen molar-refractivity contribution >= 4 is 11.6 Å². The van der Waals surface area contributed by atoms with Crippen molar-refractivity contribution in [3.8, 4) is 28.7 Å². The van der Waals surface area contributed by atoms with Crippen molar-refractivity contribution in [1.29, 1.82) is 5.26 Å². The molecule has 0 radical (unpaired) electrons. The normalized spacial score (nSPS) is 13.6. The highest BCUT2D eigenvalue weighted by Gasteiger charge is 2.23. The van der Waals surface area contributed by atoms with Crippen molar-refractivity contribution in [2.75, 3.05) is 19.7 Å². The number of rotatable bonds is 9. The van der Waals surface area contributed by atoms with Crippen LogP contribution in [0.2, 0.25) is 0 Å². The number of likely N-dealkylation sites (tertiary alicyclic amines) is 1. The number of alkyl halides is 2. The lowest BCUT2D eigenvalue weighted by Crippen LogP contribution is -2.41. The Morgan fingerprint density at radius 1 is 1.08 bits per heavy atom. The van der Waals surface area contributed by atoms with Crippen LogP contribution in [-0.4, -0.2) is 37.1 Å². The Morgan fingerprint density at radius 3 is 2.61 bits per heavy atom. The summed E-state index contributed by atoms with van der Waals surface area (Å²) >= 11 is 0. The molecule has 6 nitrogen and oxygen atoms in total. The molecule has 1 saturated heterocycles. The highest BCUT2D eigenvalue weighted by molar-refractivity contribution is 5.81. The maximum absolute atomic E-state index is 12.9. The number of nitrogens with zero attached hydrogens (tertiary/aromatic N) is 3. The van der Waals surface area contributed by atoms with Gasteiger partial charge in [0.2, 0.25) is 0 Å². The van der Waals surface area contributed by atoms with Crippen LogP contribution < -0.4 is 9.47 Å². The lowest BCUT2D eigenvalue weighted by Gasteiger charge is -2.32. The number of hydrogen-bond acceptors (Lipinski definition) is 4. The molecule has 0 unspecified atom stereocenters. The summed E-state index contributed by atoms with van der Waals surface area (Å²) in [4.78, 5) is 18.2. The first-order valence-corrected chi connectivity index (χ1v) is 12.4. The van der Waals surface area contributed by atoms with Gasteiger partial charge in [-0.15, -0.1) is 0 Å². The topological polar surface area (TPSA) is 66.9 Å². The number of nitriles is 1. The lowest BCUT2D eigenvalue weighted by atomic mass is 9.90. The molecule has 194 valence electrons. The summed E-state index contributed by atoms with van der Waals surface area (Å²) in [6.07, 6.45) is 3.39. The van der Waals surface area contributed by atoms with E-state index in [2.05, 4.69) is 15.7 Å². The standard InChI is InChI=1S/C30H27F2N3O3/c1-34-24-11-12-28(27(18-24)26-8-3-2-6-23(26)19-33)37-20-29(36)35-15-13-21(14-16-35)9-10-22-5-4-7-25(17-22)38-30(31)32/h2-8,11-12,17-18,21,30H,9-10,13-16,20H2. The fraction of sp³-hybridized carbons (Fsp3) is 0.300. The van der Waals surface area contributed by atoms with Crippen molar-refractivity contribution in [1.82, 2.24) is 4.90 Å². The van der Waals surface area contributed by atoms with E-state index in [1.807, 2.05) is 12.1 Å². The number of piperidine rings is 1. The number of carbonyl (C=O) groups is 1. The molecule has 0 saturated carbocycles. The molecule has 0 N–H and O–H groups in total. The molecule has 3 aromatic rings. The molecular weight excluding hydrogens is 488 g/mol. The maximum Gasteiger partial charge on any atom is 0.387 e. The molecule has 1 heterocycles. The van der Waals surface area contributed by atoms with Gasteiger partial charge in [-0.3, -0.25) is 4.79 Å². The van der Waals surface area contributed by atoms with Crippen LogP contribution in [0.5, 0.6) is 11.5 Å². The number of halogens is 2. The summed E-state index contributed by atoms with van der Waals surface area (Å²) in [5.41, 5.74) is 3.08. The van der Waals surface area contributed by atoms with E-state index in [1.54, 1.807) is 53.4 Å². The van der Waals surface area contributed by atoms with Crippen LogP contribution >= 0.6 is 0 Å². The first kappa shape index (κ1) is 26.6. The van der Waals surface area contributed by atoms with Gasteiger partial charge in [0, 0.05) is 24.2 Å².